The van der Waals surface area contributed by atoms with Crippen LogP contribution in [0.4, 0.5) is 0 Å². The fourth-order valence-electron chi connectivity index (χ4n) is 2.50. The lowest BCUT2D eigenvalue weighted by Gasteiger charge is -2.18. The fraction of sp³-hybridized carbons (Fsp3) is 0.111. The van der Waals surface area contributed by atoms with Crippen molar-refractivity contribution in [1.29, 1.82) is 0 Å². The van der Waals surface area contributed by atoms with Gasteiger partial charge >= 0.3 is 0 Å². The van der Waals surface area contributed by atoms with Crippen molar-refractivity contribution in [3.8, 4) is 5.75 Å². The molecule has 4 nitrogen and oxygen atoms in total. The molecule has 0 spiro atoms. The van der Waals surface area contributed by atoms with Gasteiger partial charge in [0.25, 0.3) is 0 Å². The molecule has 2 aromatic rings. The van der Waals surface area contributed by atoms with Crippen molar-refractivity contribution in [3.63, 3.8) is 0 Å². The van der Waals surface area contributed by atoms with Crippen LogP contribution in [0, 0.1) is 0 Å². The van der Waals surface area contributed by atoms with E-state index in [-0.39, 0.29) is 28.0 Å². The summed E-state index contributed by atoms with van der Waals surface area (Å²) >= 11 is 6.07. The standard InChI is InChI=1S/C18H14ClNO3/c19-15-16(20-10-9-11-5-7-12(21)8-6-11)18(23)14-4-2-1-3-13(14)17(15)22/h1-8,20-21H,9-10H2. The van der Waals surface area contributed by atoms with Crippen LogP contribution in [-0.2, 0) is 6.42 Å². The Balaban J connectivity index is 1.75. The van der Waals surface area contributed by atoms with Gasteiger partial charge in [-0.3, -0.25) is 9.59 Å². The number of carbonyl (C=O) groups excluding carboxylic acids is 2. The third-order valence-electron chi connectivity index (χ3n) is 3.71. The second-order valence-corrected chi connectivity index (χ2v) is 5.61. The zero-order valence-electron chi connectivity index (χ0n) is 12.2. The van der Waals surface area contributed by atoms with Gasteiger partial charge in [-0.05, 0) is 24.1 Å². The largest absolute Gasteiger partial charge is 0.508 e. The lowest BCUT2D eigenvalue weighted by atomic mass is 9.92. The topological polar surface area (TPSA) is 66.4 Å². The molecule has 3 rings (SSSR count). The molecule has 5 heteroatoms. The van der Waals surface area contributed by atoms with Crippen LogP contribution in [0.15, 0.2) is 59.3 Å². The molecule has 0 aliphatic heterocycles. The second kappa shape index (κ2) is 6.26. The van der Waals surface area contributed by atoms with Crippen molar-refractivity contribution >= 4 is 23.2 Å². The molecule has 0 atom stereocenters. The van der Waals surface area contributed by atoms with Gasteiger partial charge in [0.15, 0.2) is 0 Å². The summed E-state index contributed by atoms with van der Waals surface area (Å²) in [6, 6.07) is 13.5. The summed E-state index contributed by atoms with van der Waals surface area (Å²) < 4.78 is 0. The number of allylic oxidation sites excluding steroid dienone is 2. The molecular formula is C18H14ClNO3. The monoisotopic (exact) mass is 327 g/mol. The Hall–Kier alpha value is -2.59. The zero-order chi connectivity index (χ0) is 16.4. The first-order chi connectivity index (χ1) is 11.1. The van der Waals surface area contributed by atoms with E-state index in [9.17, 15) is 14.7 Å². The molecule has 0 heterocycles. The van der Waals surface area contributed by atoms with Crippen molar-refractivity contribution in [2.75, 3.05) is 6.54 Å². The first-order valence-corrected chi connectivity index (χ1v) is 7.55. The molecular weight excluding hydrogens is 314 g/mol. The van der Waals surface area contributed by atoms with Gasteiger partial charge in [-0.1, -0.05) is 48.0 Å². The first kappa shape index (κ1) is 15.3. The highest BCUT2D eigenvalue weighted by atomic mass is 35.5. The Bertz CT molecular complexity index is 809. The zero-order valence-corrected chi connectivity index (χ0v) is 12.9. The van der Waals surface area contributed by atoms with E-state index in [1.165, 1.54) is 0 Å². The molecule has 0 unspecified atom stereocenters. The number of aromatic hydroxyl groups is 1. The molecule has 116 valence electrons. The van der Waals surface area contributed by atoms with Crippen LogP contribution in [0.5, 0.6) is 5.75 Å². The second-order valence-electron chi connectivity index (χ2n) is 5.24. The molecule has 2 aromatic carbocycles. The summed E-state index contributed by atoms with van der Waals surface area (Å²) in [5.74, 6) is -0.401. The van der Waals surface area contributed by atoms with E-state index >= 15 is 0 Å². The molecule has 0 aromatic heterocycles. The minimum atomic E-state index is -0.339. The highest BCUT2D eigenvalue weighted by molar-refractivity contribution is 6.49. The molecule has 0 saturated carbocycles. The number of nitrogens with one attached hydrogen (secondary N) is 1. The Morgan fingerprint density at radius 1 is 0.913 bits per heavy atom. The van der Waals surface area contributed by atoms with E-state index in [0.717, 1.165) is 5.56 Å². The van der Waals surface area contributed by atoms with Crippen molar-refractivity contribution in [2.24, 2.45) is 0 Å². The maximum atomic E-state index is 12.5. The summed E-state index contributed by atoms with van der Waals surface area (Å²) in [5.41, 5.74) is 1.86. The molecule has 1 aliphatic carbocycles. The third-order valence-corrected chi connectivity index (χ3v) is 4.07. The SMILES string of the molecule is O=C1C(Cl)=C(NCCc2ccc(O)cc2)C(=O)c2ccccc21. The average Bonchev–Trinajstić information content (AvgIpc) is 2.57. The highest BCUT2D eigenvalue weighted by Crippen LogP contribution is 2.27. The molecule has 1 aliphatic rings. The van der Waals surface area contributed by atoms with Crippen LogP contribution in [0.2, 0.25) is 0 Å². The fourth-order valence-corrected chi connectivity index (χ4v) is 2.75. The van der Waals surface area contributed by atoms with Crippen molar-refractivity contribution < 1.29 is 14.7 Å². The van der Waals surface area contributed by atoms with Crippen LogP contribution in [0.1, 0.15) is 26.3 Å². The van der Waals surface area contributed by atoms with Gasteiger partial charge < -0.3 is 10.4 Å². The lowest BCUT2D eigenvalue weighted by Crippen LogP contribution is -2.30. The minimum Gasteiger partial charge on any atom is -0.508 e. The summed E-state index contributed by atoms with van der Waals surface area (Å²) in [5, 5.41) is 12.2. The maximum Gasteiger partial charge on any atom is 0.211 e. The number of benzene rings is 2. The Morgan fingerprint density at radius 2 is 1.52 bits per heavy atom. The molecule has 23 heavy (non-hydrogen) atoms. The van der Waals surface area contributed by atoms with Crippen LogP contribution >= 0.6 is 11.6 Å². The predicted octanol–water partition coefficient (Wildman–Crippen LogP) is 3.05. The third kappa shape index (κ3) is 2.98. The molecule has 2 N–H and O–H groups in total. The number of ketones is 2. The van der Waals surface area contributed by atoms with Gasteiger partial charge in [-0.25, -0.2) is 0 Å². The smallest absolute Gasteiger partial charge is 0.211 e. The molecule has 0 saturated heterocycles. The van der Waals surface area contributed by atoms with Crippen molar-refractivity contribution in [2.45, 2.75) is 6.42 Å². The van der Waals surface area contributed by atoms with Gasteiger partial charge in [0, 0.05) is 17.7 Å². The van der Waals surface area contributed by atoms with Gasteiger partial charge in [0.05, 0.1) is 0 Å². The van der Waals surface area contributed by atoms with Crippen molar-refractivity contribution in [1.82, 2.24) is 5.32 Å². The first-order valence-electron chi connectivity index (χ1n) is 7.18. The summed E-state index contributed by atoms with van der Waals surface area (Å²) in [6.07, 6.45) is 0.636. The lowest BCUT2D eigenvalue weighted by molar-refractivity contribution is 0.0975. The van der Waals surface area contributed by atoms with Crippen LogP contribution in [-0.4, -0.2) is 23.2 Å². The van der Waals surface area contributed by atoms with Gasteiger partial charge in [-0.2, -0.15) is 0 Å². The van der Waals surface area contributed by atoms with E-state index in [0.29, 0.717) is 24.1 Å². The number of fused-ring (bicyclic) bond motifs is 1. The van der Waals surface area contributed by atoms with Gasteiger partial charge in [0.1, 0.15) is 16.5 Å². The number of hydrogen-bond acceptors (Lipinski definition) is 4. The quantitative estimate of drug-likeness (QED) is 0.905. The molecule has 0 radical (unpaired) electrons. The highest BCUT2D eigenvalue weighted by Gasteiger charge is 2.30. The van der Waals surface area contributed by atoms with Crippen LogP contribution < -0.4 is 5.32 Å². The van der Waals surface area contributed by atoms with E-state index < -0.39 is 0 Å². The Morgan fingerprint density at radius 3 is 2.17 bits per heavy atom. The molecule has 0 amide bonds. The van der Waals surface area contributed by atoms with Gasteiger partial charge in [-0.15, -0.1) is 0 Å². The van der Waals surface area contributed by atoms with Gasteiger partial charge in [0.2, 0.25) is 11.6 Å². The van der Waals surface area contributed by atoms with E-state index in [2.05, 4.69) is 5.32 Å². The Kier molecular flexibility index (Phi) is 4.17. The molecule has 0 bridgehead atoms. The average molecular weight is 328 g/mol. The van der Waals surface area contributed by atoms with Crippen LogP contribution in [0.3, 0.4) is 0 Å². The number of Topliss-reactive ketones (excluding diaryl/α,β-unsaturated/α-hetero) is 2. The maximum absolute atomic E-state index is 12.5. The minimum absolute atomic E-state index is 0.0700. The van der Waals surface area contributed by atoms with Crippen molar-refractivity contribution in [3.05, 3.63) is 76.0 Å². The van der Waals surface area contributed by atoms with E-state index in [1.54, 1.807) is 48.5 Å². The van der Waals surface area contributed by atoms with Crippen LogP contribution in [0.25, 0.3) is 0 Å². The number of halogens is 1. The summed E-state index contributed by atoms with van der Waals surface area (Å²) in [7, 11) is 0. The summed E-state index contributed by atoms with van der Waals surface area (Å²) in [4.78, 5) is 24.7. The number of phenolic OH excluding ortho intramolecular Hbond substituents is 1. The van der Waals surface area contributed by atoms with E-state index in [4.69, 9.17) is 11.6 Å². The molecule has 0 fully saturated rings. The normalized spacial score (nSPS) is 14.0. The number of phenols is 1. The predicted molar refractivity (Wildman–Crippen MR) is 87.8 cm³/mol. The Labute approximate surface area is 138 Å². The number of rotatable bonds is 4. The number of carbonyl (C=O) groups is 2. The number of hydrogen-bond donors (Lipinski definition) is 2. The summed E-state index contributed by atoms with van der Waals surface area (Å²) in [6.45, 7) is 0.456. The van der Waals surface area contributed by atoms with E-state index in [1.807, 2.05) is 0 Å².